The minimum absolute atomic E-state index is 0.0337. The summed E-state index contributed by atoms with van der Waals surface area (Å²) >= 11 is 17.6. The Morgan fingerprint density at radius 2 is 1.45 bits per heavy atom. The summed E-state index contributed by atoms with van der Waals surface area (Å²) in [4.78, 5) is 34.1. The van der Waals surface area contributed by atoms with Crippen LogP contribution in [0.3, 0.4) is 0 Å². The van der Waals surface area contributed by atoms with Gasteiger partial charge in [0.05, 0.1) is 30.0 Å². The van der Waals surface area contributed by atoms with E-state index in [0.717, 1.165) is 103 Å². The van der Waals surface area contributed by atoms with E-state index in [-0.39, 0.29) is 28.6 Å². The lowest BCUT2D eigenvalue weighted by Gasteiger charge is -2.29. The zero-order valence-corrected chi connectivity index (χ0v) is 51.1. The second kappa shape index (κ2) is 27.3. The maximum atomic E-state index is 13.8. The number of thiophene rings is 2. The molecule has 5 heterocycles. The van der Waals surface area contributed by atoms with Crippen LogP contribution in [0, 0.1) is 0 Å². The topological polar surface area (TPSA) is 102 Å². The molecule has 16 heteroatoms. The first-order valence-corrected chi connectivity index (χ1v) is 33.4. The van der Waals surface area contributed by atoms with E-state index in [1.807, 2.05) is 30.3 Å². The molecule has 7 aromatic rings. The number of rotatable bonds is 28. The number of benzene rings is 3. The van der Waals surface area contributed by atoms with Crippen LogP contribution in [0.2, 0.25) is 0 Å². The number of allylic oxidation sites excluding steroid dienone is 3. The van der Waals surface area contributed by atoms with Crippen molar-refractivity contribution in [3.05, 3.63) is 118 Å². The predicted octanol–water partition coefficient (Wildman–Crippen LogP) is 17.1. The van der Waals surface area contributed by atoms with Crippen LogP contribution in [0.4, 0.5) is 5.69 Å². The van der Waals surface area contributed by atoms with Gasteiger partial charge in [0, 0.05) is 85.6 Å². The van der Waals surface area contributed by atoms with Gasteiger partial charge >= 0.3 is 0 Å². The highest BCUT2D eigenvalue weighted by atomic mass is 79.9. The van der Waals surface area contributed by atoms with Gasteiger partial charge in [-0.1, -0.05) is 125 Å². The molecule has 1 aliphatic heterocycles. The number of hydrogen-bond acceptors (Lipinski definition) is 12. The molecule has 0 fully saturated rings. The van der Waals surface area contributed by atoms with Crippen molar-refractivity contribution in [1.82, 2.24) is 14.1 Å². The molecule has 0 saturated heterocycles. The molecule has 0 atom stereocenters. The van der Waals surface area contributed by atoms with Crippen molar-refractivity contribution in [2.24, 2.45) is 0 Å². The lowest BCUT2D eigenvalue weighted by atomic mass is 9.88. The Morgan fingerprint density at radius 3 is 2.20 bits per heavy atom. The number of hydrogen-bond donors (Lipinski definition) is 1. The van der Waals surface area contributed by atoms with Gasteiger partial charge in [0.25, 0.3) is 5.01 Å². The van der Waals surface area contributed by atoms with Crippen LogP contribution >= 0.6 is 101 Å². The third-order valence-electron chi connectivity index (χ3n) is 13.9. The van der Waals surface area contributed by atoms with Gasteiger partial charge < -0.3 is 15.3 Å². The first-order chi connectivity index (χ1) is 36.7. The average molecular weight is 1240 g/mol. The van der Waals surface area contributed by atoms with Crippen LogP contribution in [-0.2, 0) is 29.0 Å². The predicted molar refractivity (Wildman–Crippen MR) is 327 cm³/mol. The smallest absolute Gasteiger partial charge is 0.263 e. The number of thiazole rings is 1. The average Bonchev–Trinajstić information content (AvgIpc) is 4.27. The van der Waals surface area contributed by atoms with Crippen molar-refractivity contribution in [2.75, 3.05) is 23.7 Å². The molecule has 1 N–H and O–H groups in total. The zero-order chi connectivity index (χ0) is 52.3. The summed E-state index contributed by atoms with van der Waals surface area (Å²) in [5, 5.41) is 18.8. The van der Waals surface area contributed by atoms with Crippen LogP contribution in [-0.4, -0.2) is 39.3 Å². The number of carbonyl (C=O) groups is 2. The number of thioether (sulfide) groups is 2. The quantitative estimate of drug-likeness (QED) is 0.0224. The van der Waals surface area contributed by atoms with Crippen molar-refractivity contribution in [3.8, 4) is 20.9 Å². The molecule has 2 aliphatic rings. The lowest BCUT2D eigenvalue weighted by Crippen LogP contribution is -2.36. The van der Waals surface area contributed by atoms with Crippen molar-refractivity contribution in [1.29, 1.82) is 0 Å². The Labute approximate surface area is 484 Å². The normalized spacial score (nSPS) is 14.6. The fraction of sp³-hybridized carbons (Fsp3) is 0.407. The number of carbonyl (C=O) groups excluding carboxylic acids is 2. The Kier molecular flexibility index (Phi) is 20.4. The van der Waals surface area contributed by atoms with E-state index in [2.05, 4.69) is 110 Å². The number of nitrogens with zero attached hydrogens (tertiary/aromatic N) is 4. The highest BCUT2D eigenvalue weighted by Gasteiger charge is 2.32. The zero-order valence-electron chi connectivity index (χ0n) is 43.1. The minimum Gasteiger partial charge on any atom is -0.871 e. The molecule has 0 saturated carbocycles. The number of anilines is 1. The molecule has 1 aliphatic carbocycles. The largest absolute Gasteiger partial charge is 0.871 e. The van der Waals surface area contributed by atoms with Gasteiger partial charge in [0.1, 0.15) is 15.7 Å². The molecule has 75 heavy (non-hydrogen) atoms. The summed E-state index contributed by atoms with van der Waals surface area (Å²) in [6.45, 7) is 8.83. The minimum atomic E-state index is -0.197. The second-order valence-corrected chi connectivity index (χ2v) is 27.8. The van der Waals surface area contributed by atoms with E-state index in [1.165, 1.54) is 104 Å². The molecular formula is C59H65Br2N5O3S6. The molecule has 0 radical (unpaired) electrons. The number of halogens is 2. The number of aryl methyl sites for hydroxylation is 3. The molecule has 0 unspecified atom stereocenters. The number of fused-ring (bicyclic) bond motifs is 3. The molecule has 8 nitrogen and oxygen atoms in total. The Bertz CT molecular complexity index is 3240. The number of nitrogens with one attached hydrogen (secondary N) is 1. The van der Waals surface area contributed by atoms with Gasteiger partial charge in [-0.05, 0) is 130 Å². The van der Waals surface area contributed by atoms with Gasteiger partial charge in [-0.3, -0.25) is 9.59 Å². The number of aromatic nitrogens is 3. The van der Waals surface area contributed by atoms with Crippen LogP contribution < -0.4 is 19.9 Å². The van der Waals surface area contributed by atoms with Crippen LogP contribution in [0.5, 0.6) is 0 Å². The van der Waals surface area contributed by atoms with Crippen molar-refractivity contribution in [2.45, 2.75) is 146 Å². The maximum Gasteiger partial charge on any atom is 0.263 e. The highest BCUT2D eigenvalue weighted by molar-refractivity contribution is 9.11. The molecule has 4 aromatic heterocycles. The fourth-order valence-corrected chi connectivity index (χ4v) is 17.3. The van der Waals surface area contributed by atoms with E-state index in [0.29, 0.717) is 25.3 Å². The van der Waals surface area contributed by atoms with Gasteiger partial charge in [0.15, 0.2) is 12.3 Å². The highest BCUT2D eigenvalue weighted by Crippen LogP contribution is 2.49. The molecule has 0 spiro atoms. The van der Waals surface area contributed by atoms with E-state index >= 15 is 0 Å². The van der Waals surface area contributed by atoms with Crippen molar-refractivity contribution >= 4 is 146 Å². The Hall–Kier alpha value is -3.61. The Balaban J connectivity index is 0.846. The molecule has 9 rings (SSSR count). The van der Waals surface area contributed by atoms with Gasteiger partial charge in [0.2, 0.25) is 11.4 Å². The standard InChI is InChI=1S/C59H65Br2N5O3S6/c1-4-7-10-13-22-38-33-47(73-58(38)60)40-35-48(53(55-54(40)63-75-64-55)49-34-39(59(61)74-49)23-14-11-8-5-2)70-32-28-50(67)62-29-19-21-31-66-44-25-16-18-27-46(44)72-52(66)37-42-56(68)41(57(42)69)36-51-65(30-20-12-9-6-3)43-24-15-17-26-45(43)71-51/h15-18,24-27,33-37H,4-14,19-23,28-32H2,1-3H3,(H-,62,67,68,69). The lowest BCUT2D eigenvalue weighted by molar-refractivity contribution is -0.669. The molecular weight excluding hydrogens is 1180 g/mol. The molecule has 3 aromatic carbocycles. The maximum absolute atomic E-state index is 13.8. The van der Waals surface area contributed by atoms with Crippen molar-refractivity contribution in [3.63, 3.8) is 0 Å². The number of unbranched alkanes of at least 4 members (excludes halogenated alkanes) is 10. The first kappa shape index (κ1) is 56.1. The second-order valence-electron chi connectivity index (χ2n) is 19.3. The number of amides is 1. The van der Waals surface area contributed by atoms with Gasteiger partial charge in [-0.15, -0.1) is 34.4 Å². The van der Waals surface area contributed by atoms with Crippen molar-refractivity contribution < 1.29 is 19.3 Å². The summed E-state index contributed by atoms with van der Waals surface area (Å²) in [5.41, 5.74) is 9.46. The first-order valence-electron chi connectivity index (χ1n) is 26.8. The van der Waals surface area contributed by atoms with E-state index < -0.39 is 0 Å². The monoisotopic (exact) mass is 1240 g/mol. The third-order valence-corrected chi connectivity index (χ3v) is 21.6. The number of para-hydroxylation sites is 2. The van der Waals surface area contributed by atoms with Crippen LogP contribution in [0.15, 0.2) is 112 Å². The summed E-state index contributed by atoms with van der Waals surface area (Å²) in [6, 6.07) is 23.5. The van der Waals surface area contributed by atoms with Gasteiger partial charge in [-0.2, -0.15) is 13.3 Å². The summed E-state index contributed by atoms with van der Waals surface area (Å²) < 4.78 is 15.6. The summed E-state index contributed by atoms with van der Waals surface area (Å²) in [6.07, 6.45) is 22.0. The fourth-order valence-electron chi connectivity index (χ4n) is 9.74. The Morgan fingerprint density at radius 1 is 0.773 bits per heavy atom. The van der Waals surface area contributed by atoms with Crippen LogP contribution in [0.1, 0.15) is 133 Å². The van der Waals surface area contributed by atoms with E-state index in [9.17, 15) is 14.7 Å². The van der Waals surface area contributed by atoms with E-state index in [1.54, 1.807) is 63.6 Å². The number of Topliss-reactive ketones (excluding diaryl/α,β-unsaturated/α-hetero) is 1. The third kappa shape index (κ3) is 13.5. The molecule has 1 amide bonds. The van der Waals surface area contributed by atoms with Crippen LogP contribution in [0.25, 0.3) is 48.2 Å². The van der Waals surface area contributed by atoms with E-state index in [4.69, 9.17) is 8.75 Å². The van der Waals surface area contributed by atoms with Gasteiger partial charge in [-0.25, -0.2) is 0 Å². The molecule has 394 valence electrons. The summed E-state index contributed by atoms with van der Waals surface area (Å²) in [7, 11) is 0. The summed E-state index contributed by atoms with van der Waals surface area (Å²) in [5.74, 6) is 0.265. The number of ketones is 1. The SMILES string of the molecule is CCCCCCc1cc(-c2cc(SCCC(=O)NCCCCN3/C(=C/C4=C([O-])C(=C\c5sc6ccccc6[n+]5CCCCCC)/C4=O)Sc4ccccc43)c(-c3cc(CCCCCC)c(Br)s3)c3nsnc23)sc1Br. The molecule has 0 bridgehead atoms.